The number of rotatable bonds is 4. The summed E-state index contributed by atoms with van der Waals surface area (Å²) >= 11 is 6.37. The summed E-state index contributed by atoms with van der Waals surface area (Å²) in [5.74, 6) is -0.936. The number of carbonyl (C=O) groups is 2. The molecule has 1 amide bonds. The van der Waals surface area contributed by atoms with Crippen LogP contribution in [0.15, 0.2) is 36.7 Å². The van der Waals surface area contributed by atoms with Crippen molar-refractivity contribution in [2.24, 2.45) is 5.92 Å². The van der Waals surface area contributed by atoms with E-state index in [1.807, 2.05) is 29.1 Å². The van der Waals surface area contributed by atoms with Crippen LogP contribution < -0.4 is 4.74 Å². The van der Waals surface area contributed by atoms with Crippen molar-refractivity contribution in [1.29, 1.82) is 0 Å². The van der Waals surface area contributed by atoms with Gasteiger partial charge < -0.3 is 19.3 Å². The van der Waals surface area contributed by atoms with E-state index in [1.54, 1.807) is 17.0 Å². The molecule has 1 aromatic heterocycles. The highest BCUT2D eigenvalue weighted by Crippen LogP contribution is 2.31. The molecule has 1 aliphatic heterocycles. The number of likely N-dealkylation sites (tertiary alicyclic amines) is 1. The van der Waals surface area contributed by atoms with Crippen LogP contribution in [-0.4, -0.2) is 46.6 Å². The van der Waals surface area contributed by atoms with E-state index in [4.69, 9.17) is 21.4 Å². The number of aliphatic carboxylic acids is 1. The van der Waals surface area contributed by atoms with Gasteiger partial charge in [-0.2, -0.15) is 0 Å². The number of hydrogen-bond donors (Lipinski definition) is 1. The average molecular weight is 363 g/mol. The highest BCUT2D eigenvalue weighted by atomic mass is 35.5. The Hall–Kier alpha value is -2.47. The summed E-state index contributed by atoms with van der Waals surface area (Å²) in [6.07, 6.45) is 4.63. The van der Waals surface area contributed by atoms with Gasteiger partial charge in [0, 0.05) is 31.5 Å². The van der Waals surface area contributed by atoms with Crippen LogP contribution in [0.2, 0.25) is 5.02 Å². The van der Waals surface area contributed by atoms with E-state index in [9.17, 15) is 9.59 Å². The maximum absolute atomic E-state index is 12.8. The second kappa shape index (κ2) is 7.19. The second-order valence-corrected chi connectivity index (χ2v) is 6.41. The zero-order chi connectivity index (χ0) is 18.0. The zero-order valence-electron chi connectivity index (χ0n) is 13.8. The molecule has 0 radical (unpaired) electrons. The maximum Gasteiger partial charge on any atom is 0.306 e. The van der Waals surface area contributed by atoms with Crippen LogP contribution in [0.25, 0.3) is 5.69 Å². The van der Waals surface area contributed by atoms with E-state index in [0.717, 1.165) is 5.69 Å². The molecule has 25 heavy (non-hydrogen) atoms. The molecule has 3 rings (SSSR count). The zero-order valence-corrected chi connectivity index (χ0v) is 14.6. The molecule has 2 heterocycles. The summed E-state index contributed by atoms with van der Waals surface area (Å²) < 4.78 is 7.24. The Morgan fingerprint density at radius 3 is 2.40 bits per heavy atom. The monoisotopic (exact) mass is 362 g/mol. The third kappa shape index (κ3) is 3.49. The molecule has 0 aliphatic carbocycles. The van der Waals surface area contributed by atoms with Crippen molar-refractivity contribution in [3.8, 4) is 11.4 Å². The summed E-state index contributed by atoms with van der Waals surface area (Å²) in [6.45, 7) is 0.825. The van der Waals surface area contributed by atoms with Crippen LogP contribution in [0.5, 0.6) is 5.75 Å². The van der Waals surface area contributed by atoms with E-state index >= 15 is 0 Å². The van der Waals surface area contributed by atoms with Gasteiger partial charge in [0.25, 0.3) is 5.91 Å². The van der Waals surface area contributed by atoms with Gasteiger partial charge in [-0.1, -0.05) is 11.6 Å². The van der Waals surface area contributed by atoms with E-state index in [-0.39, 0.29) is 11.8 Å². The number of amides is 1. The smallest absolute Gasteiger partial charge is 0.306 e. The highest BCUT2D eigenvalue weighted by molar-refractivity contribution is 6.33. The fourth-order valence-electron chi connectivity index (χ4n) is 3.07. The lowest BCUT2D eigenvalue weighted by Gasteiger charge is -2.30. The molecule has 0 bridgehead atoms. The lowest BCUT2D eigenvalue weighted by atomic mass is 9.96. The largest absolute Gasteiger partial charge is 0.496 e. The van der Waals surface area contributed by atoms with Gasteiger partial charge in [-0.05, 0) is 31.0 Å². The molecule has 0 atom stereocenters. The number of aromatic nitrogens is 1. The van der Waals surface area contributed by atoms with Gasteiger partial charge >= 0.3 is 5.97 Å². The van der Waals surface area contributed by atoms with Crippen LogP contribution in [0.4, 0.5) is 0 Å². The van der Waals surface area contributed by atoms with Crippen LogP contribution in [0.1, 0.15) is 23.2 Å². The van der Waals surface area contributed by atoms with E-state index < -0.39 is 5.97 Å². The van der Waals surface area contributed by atoms with Crippen LogP contribution in [-0.2, 0) is 4.79 Å². The summed E-state index contributed by atoms with van der Waals surface area (Å²) in [7, 11) is 1.51. The Bertz CT molecular complexity index is 781. The molecule has 1 N–H and O–H groups in total. The number of carboxylic acid groups (broad SMARTS) is 1. The molecular weight excluding hydrogens is 344 g/mol. The summed E-state index contributed by atoms with van der Waals surface area (Å²) in [4.78, 5) is 25.5. The van der Waals surface area contributed by atoms with Gasteiger partial charge in [0.2, 0.25) is 0 Å². The lowest BCUT2D eigenvalue weighted by Crippen LogP contribution is -2.40. The fourth-order valence-corrected chi connectivity index (χ4v) is 3.33. The molecule has 0 unspecified atom stereocenters. The number of carbonyl (C=O) groups excluding carboxylic acids is 1. The minimum Gasteiger partial charge on any atom is -0.496 e. The molecule has 132 valence electrons. The lowest BCUT2D eigenvalue weighted by molar-refractivity contribution is -0.143. The van der Waals surface area contributed by atoms with Gasteiger partial charge in [0.1, 0.15) is 5.75 Å². The first-order chi connectivity index (χ1) is 12.0. The number of benzene rings is 1. The van der Waals surface area contributed by atoms with E-state index in [1.165, 1.54) is 7.11 Å². The highest BCUT2D eigenvalue weighted by Gasteiger charge is 2.29. The van der Waals surface area contributed by atoms with Gasteiger partial charge in [0.05, 0.1) is 29.3 Å². The number of ether oxygens (including phenoxy) is 1. The minimum absolute atomic E-state index is 0.193. The Morgan fingerprint density at radius 2 is 1.84 bits per heavy atom. The van der Waals surface area contributed by atoms with Gasteiger partial charge in [-0.25, -0.2) is 0 Å². The van der Waals surface area contributed by atoms with Crippen molar-refractivity contribution in [1.82, 2.24) is 9.47 Å². The summed E-state index contributed by atoms with van der Waals surface area (Å²) in [5.41, 5.74) is 1.11. The van der Waals surface area contributed by atoms with Crippen molar-refractivity contribution < 1.29 is 19.4 Å². The SMILES string of the molecule is COc1cc(-n2cccc2)c(Cl)cc1C(=O)N1CCC(C(=O)O)CC1. The Balaban J connectivity index is 1.86. The van der Waals surface area contributed by atoms with Crippen LogP contribution in [0.3, 0.4) is 0 Å². The Morgan fingerprint density at radius 1 is 1.20 bits per heavy atom. The molecule has 1 fully saturated rings. The second-order valence-electron chi connectivity index (χ2n) is 6.00. The standard InChI is InChI=1S/C18H19ClN2O4/c1-25-16-11-15(20-6-2-3-7-20)14(19)10-13(16)17(22)21-8-4-12(5-9-21)18(23)24/h2-3,6-7,10-12H,4-5,8-9H2,1H3,(H,23,24). The first-order valence-corrected chi connectivity index (χ1v) is 8.42. The Kier molecular flexibility index (Phi) is 4.99. The number of nitrogens with zero attached hydrogens (tertiary/aromatic N) is 2. The number of piperidine rings is 1. The van der Waals surface area contributed by atoms with E-state index in [0.29, 0.717) is 42.3 Å². The first-order valence-electron chi connectivity index (χ1n) is 8.04. The van der Waals surface area contributed by atoms with Gasteiger partial charge in [0.15, 0.2) is 0 Å². The molecular formula is C18H19ClN2O4. The molecule has 7 heteroatoms. The quantitative estimate of drug-likeness (QED) is 0.907. The molecule has 0 spiro atoms. The Labute approximate surface area is 150 Å². The van der Waals surface area contributed by atoms with Crippen molar-refractivity contribution in [3.63, 3.8) is 0 Å². The third-order valence-corrected chi connectivity index (χ3v) is 4.82. The summed E-state index contributed by atoms with van der Waals surface area (Å²) in [5, 5.41) is 9.52. The van der Waals surface area contributed by atoms with Gasteiger partial charge in [-0.15, -0.1) is 0 Å². The maximum atomic E-state index is 12.8. The predicted molar refractivity (Wildman–Crippen MR) is 93.6 cm³/mol. The normalized spacial score (nSPS) is 15.2. The van der Waals surface area contributed by atoms with Crippen LogP contribution in [0, 0.1) is 5.92 Å². The van der Waals surface area contributed by atoms with Crippen LogP contribution >= 0.6 is 11.6 Å². The number of methoxy groups -OCH3 is 1. The topological polar surface area (TPSA) is 71.8 Å². The van der Waals surface area contributed by atoms with Crippen molar-refractivity contribution in [2.45, 2.75) is 12.8 Å². The molecule has 0 saturated carbocycles. The molecule has 6 nitrogen and oxygen atoms in total. The van der Waals surface area contributed by atoms with Gasteiger partial charge in [-0.3, -0.25) is 9.59 Å². The first kappa shape index (κ1) is 17.4. The minimum atomic E-state index is -0.802. The van der Waals surface area contributed by atoms with Crippen molar-refractivity contribution >= 4 is 23.5 Å². The van der Waals surface area contributed by atoms with E-state index in [2.05, 4.69) is 0 Å². The molecule has 1 aromatic carbocycles. The number of hydrogen-bond acceptors (Lipinski definition) is 3. The third-order valence-electron chi connectivity index (χ3n) is 4.51. The summed E-state index contributed by atoms with van der Waals surface area (Å²) in [6, 6.07) is 7.11. The number of carboxylic acids is 1. The van der Waals surface area contributed by atoms with Crippen molar-refractivity contribution in [2.75, 3.05) is 20.2 Å². The predicted octanol–water partition coefficient (Wildman–Crippen LogP) is 3.08. The molecule has 1 saturated heterocycles. The average Bonchev–Trinajstić information content (AvgIpc) is 3.15. The molecule has 2 aromatic rings. The molecule has 1 aliphatic rings. The van der Waals surface area contributed by atoms with Crippen molar-refractivity contribution in [3.05, 3.63) is 47.2 Å². The fraction of sp³-hybridized carbons (Fsp3) is 0.333. The number of halogens is 1.